The molecule has 6 nitrogen and oxygen atoms in total. The van der Waals surface area contributed by atoms with Gasteiger partial charge in [-0.25, -0.2) is 9.97 Å². The van der Waals surface area contributed by atoms with Gasteiger partial charge in [0.2, 0.25) is 0 Å². The van der Waals surface area contributed by atoms with E-state index in [1.807, 2.05) is 67.1 Å². The van der Waals surface area contributed by atoms with E-state index in [9.17, 15) is 0 Å². The number of nitrogens with zero attached hydrogens (tertiary/aromatic N) is 5. The smallest absolute Gasteiger partial charge is 0.135 e. The van der Waals surface area contributed by atoms with Crippen molar-refractivity contribution in [2.75, 3.05) is 18.4 Å². The van der Waals surface area contributed by atoms with Crippen molar-refractivity contribution < 1.29 is 0 Å². The Morgan fingerprint density at radius 1 is 0.906 bits per heavy atom. The molecular formula is C26H26N6. The monoisotopic (exact) mass is 422 g/mol. The van der Waals surface area contributed by atoms with Crippen molar-refractivity contribution in [1.82, 2.24) is 24.8 Å². The molecule has 1 aliphatic heterocycles. The Kier molecular flexibility index (Phi) is 6.12. The van der Waals surface area contributed by atoms with E-state index in [1.54, 1.807) is 6.20 Å². The molecule has 0 spiro atoms. The molecule has 1 aliphatic rings. The second kappa shape index (κ2) is 9.66. The summed E-state index contributed by atoms with van der Waals surface area (Å²) in [5, 5.41) is 3.45. The molecule has 32 heavy (non-hydrogen) atoms. The van der Waals surface area contributed by atoms with Gasteiger partial charge < -0.3 is 5.32 Å². The molecule has 4 aromatic rings. The Hall–Kier alpha value is -3.64. The highest BCUT2D eigenvalue weighted by atomic mass is 15.1. The Labute approximate surface area is 188 Å². The summed E-state index contributed by atoms with van der Waals surface area (Å²) >= 11 is 0. The van der Waals surface area contributed by atoms with E-state index in [1.165, 1.54) is 5.56 Å². The Bertz CT molecular complexity index is 1130. The van der Waals surface area contributed by atoms with Gasteiger partial charge in [0.1, 0.15) is 11.6 Å². The number of para-hydroxylation sites is 1. The zero-order valence-corrected chi connectivity index (χ0v) is 17.9. The van der Waals surface area contributed by atoms with E-state index in [0.29, 0.717) is 5.92 Å². The van der Waals surface area contributed by atoms with E-state index in [-0.39, 0.29) is 0 Å². The predicted molar refractivity (Wildman–Crippen MR) is 126 cm³/mol. The molecule has 0 radical (unpaired) electrons. The van der Waals surface area contributed by atoms with Crippen LogP contribution in [0.2, 0.25) is 0 Å². The largest absolute Gasteiger partial charge is 0.340 e. The summed E-state index contributed by atoms with van der Waals surface area (Å²) in [5.74, 6) is 1.99. The van der Waals surface area contributed by atoms with Gasteiger partial charge in [-0.05, 0) is 61.3 Å². The second-order valence-corrected chi connectivity index (χ2v) is 8.16. The molecule has 160 valence electrons. The fraction of sp³-hybridized carbons (Fsp3) is 0.231. The molecule has 0 amide bonds. The molecule has 1 fully saturated rings. The third-order valence-electron chi connectivity index (χ3n) is 5.77. The molecule has 3 aromatic heterocycles. The normalized spacial score (nSPS) is 16.6. The van der Waals surface area contributed by atoms with Crippen molar-refractivity contribution in [3.63, 3.8) is 0 Å². The zero-order valence-electron chi connectivity index (χ0n) is 17.9. The summed E-state index contributed by atoms with van der Waals surface area (Å²) in [7, 11) is 0. The van der Waals surface area contributed by atoms with Crippen molar-refractivity contribution in [2.45, 2.75) is 25.3 Å². The van der Waals surface area contributed by atoms with Gasteiger partial charge in [0.05, 0.1) is 5.69 Å². The third kappa shape index (κ3) is 4.98. The molecular weight excluding hydrogens is 396 g/mol. The van der Waals surface area contributed by atoms with Crippen molar-refractivity contribution in [3.8, 4) is 11.3 Å². The molecule has 0 aliphatic carbocycles. The number of rotatable bonds is 6. The van der Waals surface area contributed by atoms with Crippen LogP contribution in [0.25, 0.3) is 11.3 Å². The first-order valence-electron chi connectivity index (χ1n) is 11.1. The highest BCUT2D eigenvalue weighted by molar-refractivity contribution is 5.65. The number of hydrogen-bond acceptors (Lipinski definition) is 6. The second-order valence-electron chi connectivity index (χ2n) is 8.16. The van der Waals surface area contributed by atoms with Gasteiger partial charge >= 0.3 is 0 Å². The first-order valence-corrected chi connectivity index (χ1v) is 11.1. The lowest BCUT2D eigenvalue weighted by molar-refractivity contribution is 0.196. The average molecular weight is 423 g/mol. The van der Waals surface area contributed by atoms with Gasteiger partial charge in [-0.3, -0.25) is 14.9 Å². The summed E-state index contributed by atoms with van der Waals surface area (Å²) in [6, 6.07) is 20.3. The van der Waals surface area contributed by atoms with Crippen molar-refractivity contribution in [3.05, 3.63) is 96.8 Å². The van der Waals surface area contributed by atoms with Gasteiger partial charge in [-0.15, -0.1) is 0 Å². The SMILES string of the molecule is c1ccc(Nc2cc(-c3cccnc3)nc([C@@H]3CCCN(Cc4ccncc4)C3)n2)cc1. The van der Waals surface area contributed by atoms with Crippen LogP contribution in [0.3, 0.4) is 0 Å². The number of aromatic nitrogens is 4. The summed E-state index contributed by atoms with van der Waals surface area (Å²) in [6.07, 6.45) is 9.59. The fourth-order valence-corrected chi connectivity index (χ4v) is 4.20. The van der Waals surface area contributed by atoms with Crippen LogP contribution in [0.4, 0.5) is 11.5 Å². The topological polar surface area (TPSA) is 66.8 Å². The minimum atomic E-state index is 0.290. The molecule has 5 rings (SSSR count). The molecule has 1 atom stereocenters. The van der Waals surface area contributed by atoms with Crippen LogP contribution in [0.5, 0.6) is 0 Å². The minimum Gasteiger partial charge on any atom is -0.340 e. The number of benzene rings is 1. The Morgan fingerprint density at radius 3 is 2.59 bits per heavy atom. The number of piperidine rings is 1. The van der Waals surface area contributed by atoms with E-state index < -0.39 is 0 Å². The van der Waals surface area contributed by atoms with Crippen molar-refractivity contribution >= 4 is 11.5 Å². The maximum Gasteiger partial charge on any atom is 0.135 e. The van der Waals surface area contributed by atoms with E-state index in [0.717, 1.165) is 61.1 Å². The highest BCUT2D eigenvalue weighted by Gasteiger charge is 2.24. The zero-order chi connectivity index (χ0) is 21.6. The van der Waals surface area contributed by atoms with Crippen LogP contribution in [-0.2, 0) is 6.54 Å². The van der Waals surface area contributed by atoms with Crippen molar-refractivity contribution in [1.29, 1.82) is 0 Å². The van der Waals surface area contributed by atoms with Gasteiger partial charge in [-0.1, -0.05) is 18.2 Å². The molecule has 1 N–H and O–H groups in total. The van der Waals surface area contributed by atoms with Crippen LogP contribution in [-0.4, -0.2) is 37.9 Å². The van der Waals surface area contributed by atoms with Gasteiger partial charge in [0, 0.05) is 61.1 Å². The van der Waals surface area contributed by atoms with Gasteiger partial charge in [0.25, 0.3) is 0 Å². The number of anilines is 2. The highest BCUT2D eigenvalue weighted by Crippen LogP contribution is 2.29. The van der Waals surface area contributed by atoms with Crippen LogP contribution in [0.1, 0.15) is 30.1 Å². The molecule has 0 bridgehead atoms. The van der Waals surface area contributed by atoms with E-state index >= 15 is 0 Å². The first kappa shape index (κ1) is 20.3. The molecule has 1 aromatic carbocycles. The lowest BCUT2D eigenvalue weighted by Crippen LogP contribution is -2.34. The van der Waals surface area contributed by atoms with E-state index in [2.05, 4.69) is 32.3 Å². The number of likely N-dealkylation sites (tertiary alicyclic amines) is 1. The van der Waals surface area contributed by atoms with E-state index in [4.69, 9.17) is 9.97 Å². The molecule has 1 saturated heterocycles. The number of nitrogens with one attached hydrogen (secondary N) is 1. The van der Waals surface area contributed by atoms with Crippen LogP contribution >= 0.6 is 0 Å². The molecule has 6 heteroatoms. The minimum absolute atomic E-state index is 0.290. The molecule has 4 heterocycles. The summed E-state index contributed by atoms with van der Waals surface area (Å²) < 4.78 is 0. The quantitative estimate of drug-likeness (QED) is 0.469. The molecule has 0 saturated carbocycles. The standard InChI is InChI=1S/C26H26N6/c1-2-8-23(9-3-1)29-25-16-24(21-6-4-12-28-17-21)30-26(31-25)22-7-5-15-32(19-22)18-20-10-13-27-14-11-20/h1-4,6,8-14,16-17,22H,5,7,15,18-19H2,(H,29,30,31)/t22-/m1/s1. The van der Waals surface area contributed by atoms with Gasteiger partial charge in [-0.2, -0.15) is 0 Å². The van der Waals surface area contributed by atoms with Gasteiger partial charge in [0.15, 0.2) is 0 Å². The first-order chi connectivity index (χ1) is 15.8. The Balaban J connectivity index is 1.43. The van der Waals surface area contributed by atoms with Crippen LogP contribution in [0.15, 0.2) is 85.5 Å². The summed E-state index contributed by atoms with van der Waals surface area (Å²) in [6.45, 7) is 2.97. The Morgan fingerprint density at radius 2 is 1.78 bits per heavy atom. The predicted octanol–water partition coefficient (Wildman–Crippen LogP) is 5.06. The maximum atomic E-state index is 4.98. The molecule has 0 unspecified atom stereocenters. The number of pyridine rings is 2. The number of hydrogen-bond donors (Lipinski definition) is 1. The van der Waals surface area contributed by atoms with Crippen LogP contribution < -0.4 is 5.32 Å². The lowest BCUT2D eigenvalue weighted by Gasteiger charge is -2.32. The maximum absolute atomic E-state index is 4.98. The van der Waals surface area contributed by atoms with Crippen molar-refractivity contribution in [2.24, 2.45) is 0 Å². The third-order valence-corrected chi connectivity index (χ3v) is 5.77. The summed E-state index contributed by atoms with van der Waals surface area (Å²) in [5.41, 5.74) is 4.19. The fourth-order valence-electron chi connectivity index (χ4n) is 4.20. The lowest BCUT2D eigenvalue weighted by atomic mass is 9.96. The van der Waals surface area contributed by atoms with Crippen LogP contribution in [0, 0.1) is 0 Å². The summed E-state index contributed by atoms with van der Waals surface area (Å²) in [4.78, 5) is 20.8. The average Bonchev–Trinajstić information content (AvgIpc) is 2.86.